The first kappa shape index (κ1) is 17.9. The Morgan fingerprint density at radius 3 is 2.25 bits per heavy atom. The topological polar surface area (TPSA) is 49.3 Å². The molecule has 2 atom stereocenters. The number of rotatable bonds is 5. The van der Waals surface area contributed by atoms with E-state index in [-0.39, 0.29) is 11.1 Å². The minimum absolute atomic E-state index is 0.112. The van der Waals surface area contributed by atoms with Gasteiger partial charge >= 0.3 is 6.18 Å². The van der Waals surface area contributed by atoms with Crippen LogP contribution in [0.1, 0.15) is 29.7 Å². The van der Waals surface area contributed by atoms with Crippen LogP contribution in [0.5, 0.6) is 0 Å². The summed E-state index contributed by atoms with van der Waals surface area (Å²) in [6.45, 7) is 0. The molecule has 2 aromatic rings. The number of aliphatic hydroxyl groups is 1. The molecule has 0 aromatic heterocycles. The van der Waals surface area contributed by atoms with Gasteiger partial charge in [0.2, 0.25) is 5.91 Å². The van der Waals surface area contributed by atoms with Gasteiger partial charge in [-0.3, -0.25) is 4.79 Å². The average Bonchev–Trinajstić information content (AvgIpc) is 2.52. The Bertz CT molecular complexity index is 688. The van der Waals surface area contributed by atoms with Crippen molar-refractivity contribution >= 4 is 5.91 Å². The number of alkyl halides is 3. The minimum atomic E-state index is -4.68. The summed E-state index contributed by atoms with van der Waals surface area (Å²) >= 11 is 0. The summed E-state index contributed by atoms with van der Waals surface area (Å²) in [6.07, 6.45) is -6.69. The summed E-state index contributed by atoms with van der Waals surface area (Å²) < 4.78 is 52.6. The molecule has 2 unspecified atom stereocenters. The maximum absolute atomic E-state index is 13.2. The van der Waals surface area contributed by atoms with Crippen LogP contribution >= 0.6 is 0 Å². The summed E-state index contributed by atoms with van der Waals surface area (Å²) in [5.74, 6) is -1.60. The van der Waals surface area contributed by atoms with Gasteiger partial charge in [-0.2, -0.15) is 13.2 Å². The second-order valence-electron chi connectivity index (χ2n) is 5.23. The van der Waals surface area contributed by atoms with Crippen molar-refractivity contribution in [1.29, 1.82) is 0 Å². The van der Waals surface area contributed by atoms with Crippen LogP contribution in [0.3, 0.4) is 0 Å². The van der Waals surface area contributed by atoms with Crippen molar-refractivity contribution in [2.24, 2.45) is 0 Å². The zero-order valence-corrected chi connectivity index (χ0v) is 12.4. The van der Waals surface area contributed by atoms with Gasteiger partial charge in [0.1, 0.15) is 5.82 Å². The van der Waals surface area contributed by atoms with Gasteiger partial charge in [0.05, 0.1) is 12.5 Å². The normalized spacial score (nSPS) is 14.0. The van der Waals surface area contributed by atoms with E-state index in [0.717, 1.165) is 12.1 Å². The number of benzene rings is 2. The highest BCUT2D eigenvalue weighted by Gasteiger charge is 2.41. The maximum atomic E-state index is 13.2. The Morgan fingerprint density at radius 1 is 1.04 bits per heavy atom. The van der Waals surface area contributed by atoms with E-state index in [9.17, 15) is 27.5 Å². The number of carbonyl (C=O) groups excluding carboxylic acids is 1. The Labute approximate surface area is 135 Å². The predicted molar refractivity (Wildman–Crippen MR) is 79.4 cm³/mol. The summed E-state index contributed by atoms with van der Waals surface area (Å²) in [7, 11) is 0. The number of carbonyl (C=O) groups is 1. The van der Waals surface area contributed by atoms with Crippen molar-refractivity contribution in [2.45, 2.75) is 24.7 Å². The van der Waals surface area contributed by atoms with Crippen LogP contribution in [0, 0.1) is 5.82 Å². The summed E-state index contributed by atoms with van der Waals surface area (Å²) in [5.41, 5.74) is 0.00650. The fourth-order valence-electron chi connectivity index (χ4n) is 2.23. The predicted octanol–water partition coefficient (Wildman–Crippen LogP) is 3.67. The summed E-state index contributed by atoms with van der Waals surface area (Å²) in [6, 6.07) is 9.67. The average molecular weight is 341 g/mol. The molecule has 0 saturated carbocycles. The highest BCUT2D eigenvalue weighted by molar-refractivity contribution is 5.77. The highest BCUT2D eigenvalue weighted by atomic mass is 19.4. The Balaban J connectivity index is 2.08. The minimum Gasteiger partial charge on any atom is -0.388 e. The molecule has 0 bridgehead atoms. The van der Waals surface area contributed by atoms with Gasteiger partial charge < -0.3 is 10.4 Å². The lowest BCUT2D eigenvalue weighted by Crippen LogP contribution is -2.38. The third-order valence-corrected chi connectivity index (χ3v) is 3.38. The molecule has 24 heavy (non-hydrogen) atoms. The second kappa shape index (κ2) is 7.44. The first-order valence-corrected chi connectivity index (χ1v) is 7.12. The molecular weight excluding hydrogens is 326 g/mol. The third-order valence-electron chi connectivity index (χ3n) is 3.38. The number of halogens is 4. The van der Waals surface area contributed by atoms with Crippen LogP contribution in [0.4, 0.5) is 17.6 Å². The van der Waals surface area contributed by atoms with E-state index < -0.39 is 36.5 Å². The molecule has 7 heteroatoms. The van der Waals surface area contributed by atoms with Gasteiger partial charge in [0.15, 0.2) is 6.04 Å². The number of aliphatic hydroxyl groups excluding tert-OH is 1. The third kappa shape index (κ3) is 4.79. The monoisotopic (exact) mass is 341 g/mol. The molecule has 0 aliphatic carbocycles. The van der Waals surface area contributed by atoms with Crippen molar-refractivity contribution in [2.75, 3.05) is 0 Å². The molecule has 2 N–H and O–H groups in total. The molecule has 1 amide bonds. The fourth-order valence-corrected chi connectivity index (χ4v) is 2.23. The van der Waals surface area contributed by atoms with Crippen LogP contribution in [0.2, 0.25) is 0 Å². The molecule has 2 rings (SSSR count). The smallest absolute Gasteiger partial charge is 0.388 e. The van der Waals surface area contributed by atoms with Gasteiger partial charge in [0, 0.05) is 0 Å². The number of amides is 1. The van der Waals surface area contributed by atoms with E-state index in [4.69, 9.17) is 0 Å². The molecule has 128 valence electrons. The van der Waals surface area contributed by atoms with Crippen LogP contribution in [0.25, 0.3) is 0 Å². The van der Waals surface area contributed by atoms with Crippen molar-refractivity contribution in [3.05, 3.63) is 71.5 Å². The first-order valence-electron chi connectivity index (χ1n) is 7.12. The lowest BCUT2D eigenvalue weighted by molar-refractivity contribution is -0.164. The van der Waals surface area contributed by atoms with Crippen LogP contribution in [-0.2, 0) is 4.79 Å². The Kier molecular flexibility index (Phi) is 5.56. The van der Waals surface area contributed by atoms with Crippen molar-refractivity contribution in [3.63, 3.8) is 0 Å². The summed E-state index contributed by atoms with van der Waals surface area (Å²) in [4.78, 5) is 11.9. The van der Waals surface area contributed by atoms with E-state index in [2.05, 4.69) is 0 Å². The molecule has 0 aliphatic rings. The van der Waals surface area contributed by atoms with Gasteiger partial charge in [0.25, 0.3) is 0 Å². The van der Waals surface area contributed by atoms with E-state index in [1.165, 1.54) is 36.4 Å². The largest absolute Gasteiger partial charge is 0.412 e. The molecule has 0 radical (unpaired) electrons. The van der Waals surface area contributed by atoms with Crippen molar-refractivity contribution < 1.29 is 27.5 Å². The van der Waals surface area contributed by atoms with E-state index in [1.807, 2.05) is 5.32 Å². The Hall–Kier alpha value is -2.41. The van der Waals surface area contributed by atoms with Crippen LogP contribution < -0.4 is 5.32 Å². The van der Waals surface area contributed by atoms with Crippen molar-refractivity contribution in [1.82, 2.24) is 5.32 Å². The van der Waals surface area contributed by atoms with Gasteiger partial charge in [-0.25, -0.2) is 4.39 Å². The van der Waals surface area contributed by atoms with Crippen LogP contribution in [0.15, 0.2) is 54.6 Å². The van der Waals surface area contributed by atoms with E-state index in [0.29, 0.717) is 0 Å². The van der Waals surface area contributed by atoms with Gasteiger partial charge in [-0.1, -0.05) is 42.5 Å². The quantitative estimate of drug-likeness (QED) is 0.816. The maximum Gasteiger partial charge on any atom is 0.412 e. The number of hydrogen-bond acceptors (Lipinski definition) is 2. The molecule has 0 heterocycles. The zero-order valence-electron chi connectivity index (χ0n) is 12.4. The number of nitrogens with one attached hydrogen (secondary N) is 1. The van der Waals surface area contributed by atoms with Crippen LogP contribution in [-0.4, -0.2) is 17.2 Å². The lowest BCUT2D eigenvalue weighted by Gasteiger charge is -2.22. The Morgan fingerprint density at radius 2 is 1.67 bits per heavy atom. The van der Waals surface area contributed by atoms with E-state index in [1.54, 1.807) is 6.07 Å². The molecule has 0 fully saturated rings. The van der Waals surface area contributed by atoms with Gasteiger partial charge in [-0.15, -0.1) is 0 Å². The van der Waals surface area contributed by atoms with Crippen molar-refractivity contribution in [3.8, 4) is 0 Å². The molecular formula is C17H15F4NO2. The number of hydrogen-bond donors (Lipinski definition) is 2. The standard InChI is InChI=1S/C17H15F4NO2/c18-13-8-4-7-12(9-13)14(23)10-15(24)22-16(17(19,20)21)11-5-2-1-3-6-11/h1-9,14,16,23H,10H2,(H,22,24). The fraction of sp³-hybridized carbons (Fsp3) is 0.235. The molecule has 3 nitrogen and oxygen atoms in total. The molecule has 0 saturated heterocycles. The summed E-state index contributed by atoms with van der Waals surface area (Å²) in [5, 5.41) is 11.8. The second-order valence-corrected chi connectivity index (χ2v) is 5.23. The zero-order chi connectivity index (χ0) is 17.7. The van der Waals surface area contributed by atoms with E-state index >= 15 is 0 Å². The first-order chi connectivity index (χ1) is 11.3. The molecule has 0 spiro atoms. The van der Waals surface area contributed by atoms with Gasteiger partial charge in [-0.05, 0) is 23.3 Å². The lowest BCUT2D eigenvalue weighted by atomic mass is 10.0. The highest BCUT2D eigenvalue weighted by Crippen LogP contribution is 2.32. The molecule has 0 aliphatic heterocycles. The molecule has 2 aromatic carbocycles. The SMILES string of the molecule is O=C(CC(O)c1cccc(F)c1)NC(c1ccccc1)C(F)(F)F.